The van der Waals surface area contributed by atoms with Gasteiger partial charge in [0.15, 0.2) is 0 Å². The Morgan fingerprint density at radius 1 is 1.24 bits per heavy atom. The second-order valence-corrected chi connectivity index (χ2v) is 6.99. The van der Waals surface area contributed by atoms with Gasteiger partial charge in [0.1, 0.15) is 11.6 Å². The van der Waals surface area contributed by atoms with E-state index in [0.29, 0.717) is 6.04 Å². The summed E-state index contributed by atoms with van der Waals surface area (Å²) in [5.74, 6) is 2.92. The van der Waals surface area contributed by atoms with E-state index in [0.717, 1.165) is 50.3 Å². The Kier molecular flexibility index (Phi) is 5.99. The van der Waals surface area contributed by atoms with E-state index in [1.54, 1.807) is 0 Å². The number of aromatic nitrogens is 2. The van der Waals surface area contributed by atoms with Crippen molar-refractivity contribution >= 4 is 12.4 Å². The minimum absolute atomic E-state index is 0. The molecule has 136 valence electrons. The number of piperazine rings is 1. The fourth-order valence-electron chi connectivity index (χ4n) is 3.31. The smallest absolute Gasteiger partial charge is 0.127 e. The van der Waals surface area contributed by atoms with E-state index < -0.39 is 0 Å². The zero-order valence-corrected chi connectivity index (χ0v) is 15.5. The Bertz CT molecular complexity index is 668. The lowest BCUT2D eigenvalue weighted by molar-refractivity contribution is 0.144. The van der Waals surface area contributed by atoms with Gasteiger partial charge in [0, 0.05) is 45.6 Å². The molecule has 25 heavy (non-hydrogen) atoms. The lowest BCUT2D eigenvalue weighted by atomic mass is 10.1. The van der Waals surface area contributed by atoms with Gasteiger partial charge in [-0.15, -0.1) is 12.4 Å². The third-order valence-electron chi connectivity index (χ3n) is 5.00. The molecule has 0 spiro atoms. The van der Waals surface area contributed by atoms with E-state index >= 15 is 0 Å². The van der Waals surface area contributed by atoms with Gasteiger partial charge in [-0.3, -0.25) is 4.90 Å². The summed E-state index contributed by atoms with van der Waals surface area (Å²) < 4.78 is 7.96. The van der Waals surface area contributed by atoms with Crippen molar-refractivity contribution in [2.24, 2.45) is 13.0 Å². The zero-order chi connectivity index (χ0) is 16.4. The summed E-state index contributed by atoms with van der Waals surface area (Å²) in [4.78, 5) is 7.07. The van der Waals surface area contributed by atoms with Gasteiger partial charge in [-0.1, -0.05) is 12.1 Å². The molecule has 1 aromatic carbocycles. The minimum atomic E-state index is 0. The molecule has 1 N–H and O–H groups in total. The maximum absolute atomic E-state index is 5.83. The molecule has 0 amide bonds. The van der Waals surface area contributed by atoms with Crippen LogP contribution in [0, 0.1) is 5.92 Å². The van der Waals surface area contributed by atoms with Crippen molar-refractivity contribution in [1.82, 2.24) is 19.8 Å². The van der Waals surface area contributed by atoms with Crippen molar-refractivity contribution in [1.29, 1.82) is 0 Å². The van der Waals surface area contributed by atoms with Crippen molar-refractivity contribution in [3.05, 3.63) is 48.0 Å². The first-order chi connectivity index (χ1) is 11.8. The number of halogens is 1. The first-order valence-corrected chi connectivity index (χ1v) is 8.93. The van der Waals surface area contributed by atoms with Gasteiger partial charge in [-0.25, -0.2) is 4.98 Å². The molecule has 1 saturated carbocycles. The van der Waals surface area contributed by atoms with Crippen LogP contribution < -0.4 is 10.1 Å². The molecule has 1 saturated heterocycles. The first-order valence-electron chi connectivity index (χ1n) is 8.93. The highest BCUT2D eigenvalue weighted by Gasteiger charge is 2.26. The van der Waals surface area contributed by atoms with Gasteiger partial charge in [0.05, 0.1) is 12.6 Å². The number of ether oxygens (including phenoxy) is 1. The van der Waals surface area contributed by atoms with E-state index in [-0.39, 0.29) is 12.4 Å². The van der Waals surface area contributed by atoms with Crippen LogP contribution in [0.3, 0.4) is 0 Å². The molecule has 1 aromatic heterocycles. The van der Waals surface area contributed by atoms with Gasteiger partial charge in [0.25, 0.3) is 0 Å². The lowest BCUT2D eigenvalue weighted by Gasteiger charge is -2.35. The molecular weight excluding hydrogens is 336 g/mol. The molecule has 0 radical (unpaired) electrons. The highest BCUT2D eigenvalue weighted by molar-refractivity contribution is 5.85. The molecule has 1 aliphatic heterocycles. The second-order valence-electron chi connectivity index (χ2n) is 6.99. The predicted octanol–water partition coefficient (Wildman–Crippen LogP) is 2.78. The van der Waals surface area contributed by atoms with Crippen molar-refractivity contribution in [2.75, 3.05) is 26.2 Å². The number of hydrogen-bond acceptors (Lipinski definition) is 4. The monoisotopic (exact) mass is 362 g/mol. The van der Waals surface area contributed by atoms with E-state index in [1.165, 1.54) is 18.4 Å². The molecule has 4 rings (SSSR count). The number of imidazole rings is 1. The Morgan fingerprint density at radius 2 is 2.04 bits per heavy atom. The first kappa shape index (κ1) is 18.2. The summed E-state index contributed by atoms with van der Waals surface area (Å²) in [6, 6.07) is 8.93. The standard InChI is InChI=1S/C19H26N4O.ClH/c1-22-10-9-21-19(22)18-12-20-8-11-23(18)13-15-4-6-17(7-5-15)24-14-16-2-3-16;/h4-7,9-10,16,18,20H,2-3,8,11-14H2,1H3;1H. The molecule has 1 unspecified atom stereocenters. The Hall–Kier alpha value is -1.56. The quantitative estimate of drug-likeness (QED) is 0.858. The zero-order valence-electron chi connectivity index (χ0n) is 14.7. The van der Waals surface area contributed by atoms with Gasteiger partial charge < -0.3 is 14.6 Å². The fourth-order valence-corrected chi connectivity index (χ4v) is 3.31. The average molecular weight is 363 g/mol. The van der Waals surface area contributed by atoms with Crippen LogP contribution in [0.15, 0.2) is 36.7 Å². The Balaban J connectivity index is 0.00000182. The van der Waals surface area contributed by atoms with Crippen LogP contribution in [0.2, 0.25) is 0 Å². The number of nitrogens with zero attached hydrogens (tertiary/aromatic N) is 3. The maximum atomic E-state index is 5.83. The van der Waals surface area contributed by atoms with Crippen LogP contribution in [0.4, 0.5) is 0 Å². The maximum Gasteiger partial charge on any atom is 0.127 e. The second kappa shape index (κ2) is 8.21. The lowest BCUT2D eigenvalue weighted by Crippen LogP contribution is -2.46. The molecule has 5 nitrogen and oxygen atoms in total. The summed E-state index contributed by atoms with van der Waals surface area (Å²) in [6.07, 6.45) is 6.56. The third-order valence-corrected chi connectivity index (χ3v) is 5.00. The summed E-state index contributed by atoms with van der Waals surface area (Å²) in [5, 5.41) is 3.49. The van der Waals surface area contributed by atoms with Gasteiger partial charge in [-0.05, 0) is 36.5 Å². The predicted molar refractivity (Wildman–Crippen MR) is 101 cm³/mol. The van der Waals surface area contributed by atoms with Crippen molar-refractivity contribution in [3.63, 3.8) is 0 Å². The Morgan fingerprint density at radius 3 is 2.72 bits per heavy atom. The summed E-state index contributed by atoms with van der Waals surface area (Å²) >= 11 is 0. The van der Waals surface area contributed by atoms with E-state index in [4.69, 9.17) is 4.74 Å². The van der Waals surface area contributed by atoms with Crippen molar-refractivity contribution in [2.45, 2.75) is 25.4 Å². The molecule has 2 aliphatic rings. The van der Waals surface area contributed by atoms with E-state index in [9.17, 15) is 0 Å². The normalized spacial score (nSPS) is 20.9. The van der Waals surface area contributed by atoms with Gasteiger partial charge in [0.2, 0.25) is 0 Å². The third kappa shape index (κ3) is 4.54. The SMILES string of the molecule is Cl.Cn1ccnc1C1CNCCN1Cc1ccc(OCC2CC2)cc1. The molecule has 0 bridgehead atoms. The molecule has 2 fully saturated rings. The number of aryl methyl sites for hydroxylation is 1. The number of hydrogen-bond donors (Lipinski definition) is 1. The minimum Gasteiger partial charge on any atom is -0.493 e. The molecule has 2 heterocycles. The molecule has 1 aliphatic carbocycles. The molecule has 2 aromatic rings. The largest absolute Gasteiger partial charge is 0.493 e. The van der Waals surface area contributed by atoms with Crippen molar-refractivity contribution < 1.29 is 4.74 Å². The number of rotatable bonds is 6. The molecule has 1 atom stereocenters. The number of benzene rings is 1. The summed E-state index contributed by atoms with van der Waals surface area (Å²) in [7, 11) is 2.07. The van der Waals surface area contributed by atoms with Gasteiger partial charge in [-0.2, -0.15) is 0 Å². The Labute approximate surface area is 155 Å². The van der Waals surface area contributed by atoms with Crippen molar-refractivity contribution in [3.8, 4) is 5.75 Å². The van der Waals surface area contributed by atoms with Crippen LogP contribution in [0.25, 0.3) is 0 Å². The number of nitrogens with one attached hydrogen (secondary N) is 1. The van der Waals surface area contributed by atoms with E-state index in [2.05, 4.69) is 51.1 Å². The topological polar surface area (TPSA) is 42.3 Å². The van der Waals surface area contributed by atoms with Gasteiger partial charge >= 0.3 is 0 Å². The molecule has 6 heteroatoms. The highest BCUT2D eigenvalue weighted by Crippen LogP contribution is 2.29. The highest BCUT2D eigenvalue weighted by atomic mass is 35.5. The van der Waals surface area contributed by atoms with Crippen LogP contribution in [-0.4, -0.2) is 40.7 Å². The van der Waals surface area contributed by atoms with Crippen LogP contribution in [0.5, 0.6) is 5.75 Å². The fraction of sp³-hybridized carbons (Fsp3) is 0.526. The summed E-state index contributed by atoms with van der Waals surface area (Å²) in [6.45, 7) is 4.84. The summed E-state index contributed by atoms with van der Waals surface area (Å²) in [5.41, 5.74) is 1.33. The van der Waals surface area contributed by atoms with Crippen LogP contribution in [0.1, 0.15) is 30.3 Å². The van der Waals surface area contributed by atoms with Crippen LogP contribution in [-0.2, 0) is 13.6 Å². The average Bonchev–Trinajstić information content (AvgIpc) is 3.35. The van der Waals surface area contributed by atoms with E-state index in [1.807, 2.05) is 12.4 Å². The van der Waals surface area contributed by atoms with Crippen LogP contribution >= 0.6 is 12.4 Å². The molecular formula is C19H27ClN4O.